The lowest BCUT2D eigenvalue weighted by molar-refractivity contribution is -0.0641. The molecule has 0 radical (unpaired) electrons. The van der Waals surface area contributed by atoms with Gasteiger partial charge in [0.25, 0.3) is 0 Å². The Morgan fingerprint density at radius 1 is 0.500 bits per heavy atom. The Hall–Kier alpha value is -2.64. The highest BCUT2D eigenvalue weighted by atomic mass is 32.2. The second kappa shape index (κ2) is 14.2. The Labute approximate surface area is 220 Å². The van der Waals surface area contributed by atoms with Crippen molar-refractivity contribution in [1.82, 2.24) is 0 Å². The molecule has 0 heterocycles. The first-order chi connectivity index (χ1) is 17.7. The van der Waals surface area contributed by atoms with Gasteiger partial charge in [-0.15, -0.1) is 23.5 Å². The molecule has 0 spiro atoms. The second-order valence-corrected chi connectivity index (χ2v) is 10.4. The Morgan fingerprint density at radius 3 is 1.22 bits per heavy atom. The number of hydrogen-bond donors (Lipinski definition) is 0. The van der Waals surface area contributed by atoms with Crippen LogP contribution in [0.3, 0.4) is 0 Å². The van der Waals surface area contributed by atoms with E-state index in [1.165, 1.54) is 24.3 Å². The molecule has 2 atom stereocenters. The van der Waals surface area contributed by atoms with E-state index in [-0.39, 0.29) is 23.8 Å². The standard InChI is InChI=1S/C30H28F2O2S2/c31-25-11-15-27(16-12-25)35-21-29(33-19-23-7-3-1-4-8-23)30(34-20-24-9-5-2-6-10-24)22-36-28-17-13-26(32)14-18-28/h1-18,29-30H,19-22H2/t29-,30-/m0/s1. The molecule has 0 fully saturated rings. The van der Waals surface area contributed by atoms with Gasteiger partial charge in [0.2, 0.25) is 0 Å². The quantitative estimate of drug-likeness (QED) is 0.165. The molecule has 2 nitrogen and oxygen atoms in total. The van der Waals surface area contributed by atoms with Crippen LogP contribution in [0, 0.1) is 11.6 Å². The molecule has 6 heteroatoms. The van der Waals surface area contributed by atoms with Gasteiger partial charge in [0.15, 0.2) is 0 Å². The fourth-order valence-corrected chi connectivity index (χ4v) is 5.49. The molecule has 0 unspecified atom stereocenters. The van der Waals surface area contributed by atoms with E-state index in [1.807, 2.05) is 60.7 Å². The van der Waals surface area contributed by atoms with Gasteiger partial charge in [-0.25, -0.2) is 8.78 Å². The maximum atomic E-state index is 13.4. The van der Waals surface area contributed by atoms with Gasteiger partial charge in [0.05, 0.1) is 25.4 Å². The predicted octanol–water partition coefficient (Wildman–Crippen LogP) is 8.02. The van der Waals surface area contributed by atoms with Crippen LogP contribution in [0.1, 0.15) is 11.1 Å². The Morgan fingerprint density at radius 2 is 0.861 bits per heavy atom. The highest BCUT2D eigenvalue weighted by Crippen LogP contribution is 2.27. The summed E-state index contributed by atoms with van der Waals surface area (Å²) >= 11 is 3.23. The minimum absolute atomic E-state index is 0.225. The van der Waals surface area contributed by atoms with Crippen molar-refractivity contribution in [3.05, 3.63) is 132 Å². The predicted molar refractivity (Wildman–Crippen MR) is 144 cm³/mol. The van der Waals surface area contributed by atoms with E-state index in [4.69, 9.17) is 9.47 Å². The third-order valence-corrected chi connectivity index (χ3v) is 7.69. The van der Waals surface area contributed by atoms with Crippen LogP contribution in [0.15, 0.2) is 119 Å². The van der Waals surface area contributed by atoms with E-state index in [1.54, 1.807) is 47.8 Å². The van der Waals surface area contributed by atoms with Gasteiger partial charge in [0, 0.05) is 21.3 Å². The molecule has 4 aromatic rings. The Balaban J connectivity index is 1.50. The zero-order chi connectivity index (χ0) is 25.0. The number of halogens is 2. The highest BCUT2D eigenvalue weighted by molar-refractivity contribution is 7.99. The number of ether oxygens (including phenoxy) is 2. The van der Waals surface area contributed by atoms with Crippen LogP contribution < -0.4 is 0 Å². The zero-order valence-electron chi connectivity index (χ0n) is 19.8. The third kappa shape index (κ3) is 8.79. The van der Waals surface area contributed by atoms with Gasteiger partial charge in [0.1, 0.15) is 11.6 Å². The molecule has 0 aliphatic heterocycles. The molecule has 0 aliphatic rings. The molecule has 0 N–H and O–H groups in total. The Bertz CT molecular complexity index is 1060. The normalized spacial score (nSPS) is 12.8. The van der Waals surface area contributed by atoms with E-state index >= 15 is 0 Å². The van der Waals surface area contributed by atoms with Crippen LogP contribution >= 0.6 is 23.5 Å². The largest absolute Gasteiger partial charge is 0.370 e. The summed E-state index contributed by atoms with van der Waals surface area (Å²) in [5, 5.41) is 0. The topological polar surface area (TPSA) is 18.5 Å². The Kier molecular flexibility index (Phi) is 10.4. The molecule has 0 saturated heterocycles. The summed E-state index contributed by atoms with van der Waals surface area (Å²) in [6.07, 6.45) is -0.450. The average Bonchev–Trinajstić information content (AvgIpc) is 2.92. The molecule has 0 amide bonds. The molecule has 4 rings (SSSR count). The summed E-state index contributed by atoms with van der Waals surface area (Å²) in [5.41, 5.74) is 2.17. The third-order valence-electron chi connectivity index (χ3n) is 5.48. The molecule has 36 heavy (non-hydrogen) atoms. The lowest BCUT2D eigenvalue weighted by Gasteiger charge is -2.28. The molecule has 0 aliphatic carbocycles. The fourth-order valence-electron chi connectivity index (χ4n) is 3.50. The maximum absolute atomic E-state index is 13.4. The molecule has 0 bridgehead atoms. The van der Waals surface area contributed by atoms with Crippen LogP contribution in [-0.4, -0.2) is 23.7 Å². The fraction of sp³-hybridized carbons (Fsp3) is 0.200. The van der Waals surface area contributed by atoms with Crippen molar-refractivity contribution < 1.29 is 18.3 Å². The highest BCUT2D eigenvalue weighted by Gasteiger charge is 2.24. The number of benzene rings is 4. The summed E-state index contributed by atoms with van der Waals surface area (Å²) in [7, 11) is 0. The first kappa shape index (κ1) is 26.4. The van der Waals surface area contributed by atoms with E-state index in [2.05, 4.69) is 0 Å². The van der Waals surface area contributed by atoms with Crippen molar-refractivity contribution in [3.63, 3.8) is 0 Å². The first-order valence-electron chi connectivity index (χ1n) is 11.7. The second-order valence-electron chi connectivity index (χ2n) is 8.20. The van der Waals surface area contributed by atoms with E-state index < -0.39 is 0 Å². The summed E-state index contributed by atoms with van der Waals surface area (Å²) in [6.45, 7) is 0.920. The van der Waals surface area contributed by atoms with Crippen molar-refractivity contribution in [2.45, 2.75) is 35.2 Å². The summed E-state index contributed by atoms with van der Waals surface area (Å²) in [6, 6.07) is 33.1. The average molecular weight is 523 g/mol. The minimum Gasteiger partial charge on any atom is -0.370 e. The molecule has 0 aromatic heterocycles. The van der Waals surface area contributed by atoms with Gasteiger partial charge >= 0.3 is 0 Å². The molecular formula is C30H28F2O2S2. The monoisotopic (exact) mass is 522 g/mol. The van der Waals surface area contributed by atoms with E-state index in [0.29, 0.717) is 24.7 Å². The van der Waals surface area contributed by atoms with E-state index in [9.17, 15) is 8.78 Å². The van der Waals surface area contributed by atoms with Crippen LogP contribution in [0.2, 0.25) is 0 Å². The van der Waals surface area contributed by atoms with E-state index in [0.717, 1.165) is 20.9 Å². The van der Waals surface area contributed by atoms with Crippen LogP contribution in [-0.2, 0) is 22.7 Å². The van der Waals surface area contributed by atoms with Crippen molar-refractivity contribution >= 4 is 23.5 Å². The van der Waals surface area contributed by atoms with Crippen LogP contribution in [0.5, 0.6) is 0 Å². The smallest absolute Gasteiger partial charge is 0.123 e. The van der Waals surface area contributed by atoms with Gasteiger partial charge in [-0.1, -0.05) is 60.7 Å². The van der Waals surface area contributed by atoms with Crippen molar-refractivity contribution in [2.75, 3.05) is 11.5 Å². The number of hydrogen-bond acceptors (Lipinski definition) is 4. The maximum Gasteiger partial charge on any atom is 0.123 e. The lowest BCUT2D eigenvalue weighted by Crippen LogP contribution is -2.36. The number of rotatable bonds is 13. The first-order valence-corrected chi connectivity index (χ1v) is 13.7. The summed E-state index contributed by atoms with van der Waals surface area (Å²) in [4.78, 5) is 1.94. The van der Waals surface area contributed by atoms with Gasteiger partial charge in [-0.2, -0.15) is 0 Å². The van der Waals surface area contributed by atoms with Crippen LogP contribution in [0.4, 0.5) is 8.78 Å². The molecule has 4 aromatic carbocycles. The van der Waals surface area contributed by atoms with Crippen molar-refractivity contribution in [1.29, 1.82) is 0 Å². The van der Waals surface area contributed by atoms with Crippen LogP contribution in [0.25, 0.3) is 0 Å². The summed E-state index contributed by atoms with van der Waals surface area (Å²) < 4.78 is 39.7. The SMILES string of the molecule is Fc1ccc(SC[C@H](OCc2ccccc2)[C@H](CSc2ccc(F)cc2)OCc2ccccc2)cc1. The van der Waals surface area contributed by atoms with Crippen molar-refractivity contribution in [2.24, 2.45) is 0 Å². The molecule has 0 saturated carbocycles. The molecular weight excluding hydrogens is 494 g/mol. The minimum atomic E-state index is -0.254. The lowest BCUT2D eigenvalue weighted by atomic mass is 10.2. The van der Waals surface area contributed by atoms with Gasteiger partial charge < -0.3 is 9.47 Å². The van der Waals surface area contributed by atoms with Gasteiger partial charge in [-0.05, 0) is 59.7 Å². The summed E-state index contributed by atoms with van der Waals surface area (Å²) in [5.74, 6) is 0.774. The molecule has 186 valence electrons. The zero-order valence-corrected chi connectivity index (χ0v) is 21.4. The van der Waals surface area contributed by atoms with Gasteiger partial charge in [-0.3, -0.25) is 0 Å². The number of thioether (sulfide) groups is 2. The van der Waals surface area contributed by atoms with Crippen molar-refractivity contribution in [3.8, 4) is 0 Å².